The highest BCUT2D eigenvalue weighted by Crippen LogP contribution is 2.00. The van der Waals surface area contributed by atoms with Gasteiger partial charge in [0.1, 0.15) is 0 Å². The van der Waals surface area contributed by atoms with Gasteiger partial charge in [0.15, 0.2) is 0 Å². The van der Waals surface area contributed by atoms with Crippen molar-refractivity contribution in [1.29, 1.82) is 0 Å². The molecule has 0 aromatic heterocycles. The molecule has 17 heavy (non-hydrogen) atoms. The second-order valence-electron chi connectivity index (χ2n) is 4.54. The van der Waals surface area contributed by atoms with Crippen LogP contribution in [-0.4, -0.2) is 44.2 Å². The van der Waals surface area contributed by atoms with Gasteiger partial charge >= 0.3 is 0 Å². The molecule has 0 aliphatic carbocycles. The minimum absolute atomic E-state index is 0.566. The summed E-state index contributed by atoms with van der Waals surface area (Å²) in [6.45, 7) is 9.75. The Labute approximate surface area is 105 Å². The maximum absolute atomic E-state index is 5.54. The van der Waals surface area contributed by atoms with Crippen molar-refractivity contribution < 1.29 is 4.74 Å². The minimum Gasteiger partial charge on any atom is -0.383 e. The van der Waals surface area contributed by atoms with Crippen LogP contribution in [0, 0.1) is 5.92 Å². The van der Waals surface area contributed by atoms with E-state index in [1.54, 1.807) is 7.11 Å². The van der Waals surface area contributed by atoms with Crippen LogP contribution < -0.4 is 11.3 Å². The van der Waals surface area contributed by atoms with E-state index in [2.05, 4.69) is 36.1 Å². The van der Waals surface area contributed by atoms with Crippen LogP contribution in [0.4, 0.5) is 0 Å². The molecule has 0 saturated heterocycles. The number of nitrogens with two attached hydrogens (primary N) is 1. The number of hydrazine groups is 1. The third-order valence-corrected chi connectivity index (χ3v) is 2.35. The monoisotopic (exact) mass is 244 g/mol. The zero-order valence-corrected chi connectivity index (χ0v) is 11.7. The summed E-state index contributed by atoms with van der Waals surface area (Å²) in [7, 11) is 1.71. The van der Waals surface area contributed by atoms with E-state index in [4.69, 9.17) is 10.6 Å². The maximum atomic E-state index is 5.54. The number of nitrogens with zero attached hydrogens (tertiary/aromatic N) is 2. The molecule has 3 N–H and O–H groups in total. The van der Waals surface area contributed by atoms with Gasteiger partial charge in [-0.15, -0.1) is 0 Å². The molecule has 0 radical (unpaired) electrons. The van der Waals surface area contributed by atoms with Crippen molar-refractivity contribution in [1.82, 2.24) is 10.3 Å². The predicted octanol–water partition coefficient (Wildman–Crippen LogP) is 1.21. The van der Waals surface area contributed by atoms with E-state index in [1.807, 2.05) is 0 Å². The fourth-order valence-corrected chi connectivity index (χ4v) is 1.51. The number of methoxy groups -OCH3 is 1. The number of unbranched alkanes of at least 4 members (excludes halogenated alkanes) is 1. The van der Waals surface area contributed by atoms with Crippen molar-refractivity contribution in [2.24, 2.45) is 16.8 Å². The lowest BCUT2D eigenvalue weighted by Gasteiger charge is -2.27. The molecule has 0 fully saturated rings. The van der Waals surface area contributed by atoms with E-state index in [0.29, 0.717) is 12.5 Å². The second-order valence-corrected chi connectivity index (χ2v) is 4.54. The molecule has 0 amide bonds. The van der Waals surface area contributed by atoms with Crippen LogP contribution in [0.2, 0.25) is 0 Å². The summed E-state index contributed by atoms with van der Waals surface area (Å²) >= 11 is 0. The summed E-state index contributed by atoms with van der Waals surface area (Å²) < 4.78 is 5.11. The summed E-state index contributed by atoms with van der Waals surface area (Å²) in [5.41, 5.74) is 2.70. The van der Waals surface area contributed by atoms with Crippen molar-refractivity contribution in [2.75, 3.05) is 33.4 Å². The van der Waals surface area contributed by atoms with Crippen LogP contribution in [0.5, 0.6) is 0 Å². The molecule has 5 heteroatoms. The van der Waals surface area contributed by atoms with Gasteiger partial charge in [-0.25, -0.2) is 5.84 Å². The third-order valence-electron chi connectivity index (χ3n) is 2.35. The average Bonchev–Trinajstić information content (AvgIpc) is 2.30. The van der Waals surface area contributed by atoms with Crippen LogP contribution in [0.15, 0.2) is 4.99 Å². The van der Waals surface area contributed by atoms with Crippen LogP contribution >= 0.6 is 0 Å². The molecular formula is C12H28N4O. The van der Waals surface area contributed by atoms with Crippen LogP contribution in [0.1, 0.15) is 33.6 Å². The molecule has 0 aromatic carbocycles. The molecule has 5 nitrogen and oxygen atoms in total. The molecule has 0 rings (SSSR count). The summed E-state index contributed by atoms with van der Waals surface area (Å²) in [6.07, 6.45) is 2.23. The fraction of sp³-hybridized carbons (Fsp3) is 0.917. The molecule has 0 unspecified atom stereocenters. The topological polar surface area (TPSA) is 62.9 Å². The normalized spacial score (nSPS) is 12.0. The van der Waals surface area contributed by atoms with Gasteiger partial charge in [0.25, 0.3) is 0 Å². The zero-order chi connectivity index (χ0) is 13.1. The standard InChI is InChI=1S/C12H28N4O/c1-5-6-7-14-12(15-13)16(8-9-17-4)10-11(2)3/h11H,5-10,13H2,1-4H3,(H,14,15). The lowest BCUT2D eigenvalue weighted by Crippen LogP contribution is -2.47. The molecule has 0 spiro atoms. The molecular weight excluding hydrogens is 216 g/mol. The first-order chi connectivity index (χ1) is 8.15. The van der Waals surface area contributed by atoms with E-state index in [-0.39, 0.29) is 0 Å². The Morgan fingerprint density at radius 1 is 1.47 bits per heavy atom. The number of rotatable bonds is 8. The Bertz CT molecular complexity index is 207. The predicted molar refractivity (Wildman–Crippen MR) is 72.8 cm³/mol. The summed E-state index contributed by atoms with van der Waals surface area (Å²) in [4.78, 5) is 6.63. The van der Waals surface area contributed by atoms with Gasteiger partial charge in [-0.3, -0.25) is 10.4 Å². The number of hydrogen-bond acceptors (Lipinski definition) is 3. The SMILES string of the molecule is CCCCN=C(NN)N(CCOC)CC(C)C. The lowest BCUT2D eigenvalue weighted by molar-refractivity contribution is 0.170. The van der Waals surface area contributed by atoms with E-state index in [9.17, 15) is 0 Å². The Morgan fingerprint density at radius 3 is 2.65 bits per heavy atom. The highest BCUT2D eigenvalue weighted by molar-refractivity contribution is 5.79. The molecule has 0 aliphatic rings. The molecule has 0 heterocycles. The number of ether oxygens (including phenoxy) is 1. The van der Waals surface area contributed by atoms with E-state index in [0.717, 1.165) is 38.4 Å². The number of nitrogens with one attached hydrogen (secondary N) is 1. The van der Waals surface area contributed by atoms with Crippen molar-refractivity contribution in [3.05, 3.63) is 0 Å². The van der Waals surface area contributed by atoms with Gasteiger partial charge < -0.3 is 9.64 Å². The summed E-state index contributed by atoms with van der Waals surface area (Å²) in [6, 6.07) is 0. The highest BCUT2D eigenvalue weighted by Gasteiger charge is 2.11. The Balaban J connectivity index is 4.41. The first-order valence-corrected chi connectivity index (χ1v) is 6.40. The quantitative estimate of drug-likeness (QED) is 0.221. The van der Waals surface area contributed by atoms with Crippen LogP contribution in [0.3, 0.4) is 0 Å². The smallest absolute Gasteiger partial charge is 0.208 e. The maximum Gasteiger partial charge on any atom is 0.208 e. The third kappa shape index (κ3) is 7.99. The average molecular weight is 244 g/mol. The number of guanidine groups is 1. The molecule has 102 valence electrons. The Morgan fingerprint density at radius 2 is 2.18 bits per heavy atom. The molecule has 0 aromatic rings. The Kier molecular flexibility index (Phi) is 9.86. The molecule has 0 bridgehead atoms. The Hall–Kier alpha value is -0.810. The van der Waals surface area contributed by atoms with Gasteiger partial charge in [-0.2, -0.15) is 0 Å². The van der Waals surface area contributed by atoms with Gasteiger partial charge in [-0.05, 0) is 12.3 Å². The van der Waals surface area contributed by atoms with Gasteiger partial charge in [0.2, 0.25) is 5.96 Å². The molecule has 0 atom stereocenters. The summed E-state index contributed by atoms with van der Waals surface area (Å²) in [5.74, 6) is 6.87. The number of aliphatic imine (C=N–C) groups is 1. The molecule has 0 saturated carbocycles. The molecule has 0 aliphatic heterocycles. The van der Waals surface area contributed by atoms with Crippen molar-refractivity contribution >= 4 is 5.96 Å². The lowest BCUT2D eigenvalue weighted by atomic mass is 10.2. The van der Waals surface area contributed by atoms with Crippen LogP contribution in [-0.2, 0) is 4.74 Å². The van der Waals surface area contributed by atoms with Gasteiger partial charge in [0.05, 0.1) is 6.61 Å². The van der Waals surface area contributed by atoms with Crippen molar-refractivity contribution in [2.45, 2.75) is 33.6 Å². The van der Waals surface area contributed by atoms with Crippen LogP contribution in [0.25, 0.3) is 0 Å². The fourth-order valence-electron chi connectivity index (χ4n) is 1.51. The van der Waals surface area contributed by atoms with Crippen molar-refractivity contribution in [3.63, 3.8) is 0 Å². The minimum atomic E-state index is 0.566. The van der Waals surface area contributed by atoms with Gasteiger partial charge in [0, 0.05) is 26.7 Å². The first-order valence-electron chi connectivity index (χ1n) is 6.40. The second kappa shape index (κ2) is 10.4. The van der Waals surface area contributed by atoms with Gasteiger partial charge in [-0.1, -0.05) is 27.2 Å². The summed E-state index contributed by atoms with van der Waals surface area (Å²) in [5, 5.41) is 0. The highest BCUT2D eigenvalue weighted by atomic mass is 16.5. The number of hydrogen-bond donors (Lipinski definition) is 2. The zero-order valence-electron chi connectivity index (χ0n) is 11.7. The first kappa shape index (κ1) is 16.2. The largest absolute Gasteiger partial charge is 0.383 e. The van der Waals surface area contributed by atoms with E-state index in [1.165, 1.54) is 0 Å². The van der Waals surface area contributed by atoms with E-state index < -0.39 is 0 Å². The van der Waals surface area contributed by atoms with E-state index >= 15 is 0 Å². The van der Waals surface area contributed by atoms with Crippen molar-refractivity contribution in [3.8, 4) is 0 Å².